The first-order chi connectivity index (χ1) is 7.18. The third-order valence-electron chi connectivity index (χ3n) is 2.50. The topological polar surface area (TPSA) is 20.3 Å². The normalized spacial score (nSPS) is 14.7. The molecular formula is C12H12BrNO. The summed E-state index contributed by atoms with van der Waals surface area (Å²) in [7, 11) is 0. The predicted octanol–water partition coefficient (Wildman–Crippen LogP) is 3.03. The van der Waals surface area contributed by atoms with E-state index in [1.807, 2.05) is 18.2 Å². The van der Waals surface area contributed by atoms with Gasteiger partial charge in [0.2, 0.25) is 0 Å². The van der Waals surface area contributed by atoms with Crippen LogP contribution in [-0.2, 0) is 0 Å². The predicted molar refractivity (Wildman–Crippen MR) is 65.5 cm³/mol. The quantitative estimate of drug-likeness (QED) is 0.605. The number of hydrogen-bond acceptors (Lipinski definition) is 2. The Labute approximate surface area is 97.7 Å². The molecule has 0 unspecified atom stereocenters. The number of halogens is 1. The average Bonchev–Trinajstić information content (AvgIpc) is 2.70. The molecule has 1 aromatic carbocycles. The third kappa shape index (κ3) is 2.12. The molecule has 0 fully saturated rings. The van der Waals surface area contributed by atoms with Crippen molar-refractivity contribution in [2.24, 2.45) is 0 Å². The van der Waals surface area contributed by atoms with E-state index in [0.717, 1.165) is 28.8 Å². The van der Waals surface area contributed by atoms with E-state index in [9.17, 15) is 4.79 Å². The Kier molecular flexibility index (Phi) is 2.91. The maximum Gasteiger partial charge on any atom is 0.161 e. The molecule has 3 heteroatoms. The SMILES string of the molecule is CC(=O)c1cc(Br)ccc1N1CC=CC1. The van der Waals surface area contributed by atoms with Gasteiger partial charge in [-0.1, -0.05) is 28.1 Å². The summed E-state index contributed by atoms with van der Waals surface area (Å²) in [5, 5.41) is 0. The zero-order chi connectivity index (χ0) is 10.8. The first-order valence-electron chi connectivity index (χ1n) is 4.89. The van der Waals surface area contributed by atoms with Gasteiger partial charge in [-0.3, -0.25) is 4.79 Å². The van der Waals surface area contributed by atoms with Gasteiger partial charge in [0.15, 0.2) is 5.78 Å². The summed E-state index contributed by atoms with van der Waals surface area (Å²) in [6.45, 7) is 3.39. The first kappa shape index (κ1) is 10.4. The molecule has 1 aliphatic heterocycles. The molecule has 0 bridgehead atoms. The van der Waals surface area contributed by atoms with Gasteiger partial charge in [0.1, 0.15) is 0 Å². The van der Waals surface area contributed by atoms with E-state index >= 15 is 0 Å². The van der Waals surface area contributed by atoms with E-state index < -0.39 is 0 Å². The minimum Gasteiger partial charge on any atom is -0.363 e. The van der Waals surface area contributed by atoms with Crippen LogP contribution in [0.5, 0.6) is 0 Å². The van der Waals surface area contributed by atoms with Crippen LogP contribution >= 0.6 is 15.9 Å². The number of hydrogen-bond donors (Lipinski definition) is 0. The lowest BCUT2D eigenvalue weighted by Crippen LogP contribution is -2.20. The fraction of sp³-hybridized carbons (Fsp3) is 0.250. The van der Waals surface area contributed by atoms with E-state index in [1.165, 1.54) is 0 Å². The van der Waals surface area contributed by atoms with Crippen LogP contribution in [0.25, 0.3) is 0 Å². The number of nitrogens with zero attached hydrogens (tertiary/aromatic N) is 1. The van der Waals surface area contributed by atoms with E-state index in [4.69, 9.17) is 0 Å². The van der Waals surface area contributed by atoms with Crippen LogP contribution in [0.3, 0.4) is 0 Å². The summed E-state index contributed by atoms with van der Waals surface area (Å²) in [6.07, 6.45) is 4.23. The molecule has 0 N–H and O–H groups in total. The zero-order valence-electron chi connectivity index (χ0n) is 8.53. The van der Waals surface area contributed by atoms with Gasteiger partial charge < -0.3 is 4.90 Å². The van der Waals surface area contributed by atoms with Crippen molar-refractivity contribution in [3.05, 3.63) is 40.4 Å². The molecule has 0 radical (unpaired) electrons. The highest BCUT2D eigenvalue weighted by Gasteiger charge is 2.14. The average molecular weight is 266 g/mol. The van der Waals surface area contributed by atoms with Crippen molar-refractivity contribution >= 4 is 27.4 Å². The van der Waals surface area contributed by atoms with Gasteiger partial charge >= 0.3 is 0 Å². The summed E-state index contributed by atoms with van der Waals surface area (Å²) in [6, 6.07) is 5.85. The van der Waals surface area contributed by atoms with Crippen molar-refractivity contribution in [2.75, 3.05) is 18.0 Å². The molecule has 0 saturated carbocycles. The van der Waals surface area contributed by atoms with E-state index in [0.29, 0.717) is 0 Å². The smallest absolute Gasteiger partial charge is 0.161 e. The molecule has 2 rings (SSSR count). The van der Waals surface area contributed by atoms with Crippen LogP contribution in [0, 0.1) is 0 Å². The molecule has 15 heavy (non-hydrogen) atoms. The summed E-state index contributed by atoms with van der Waals surface area (Å²) in [5.41, 5.74) is 1.81. The van der Waals surface area contributed by atoms with Crippen LogP contribution in [-0.4, -0.2) is 18.9 Å². The second kappa shape index (κ2) is 4.19. The van der Waals surface area contributed by atoms with Crippen LogP contribution in [0.4, 0.5) is 5.69 Å². The number of carbonyl (C=O) groups excluding carboxylic acids is 1. The number of anilines is 1. The van der Waals surface area contributed by atoms with Gasteiger partial charge in [-0.2, -0.15) is 0 Å². The van der Waals surface area contributed by atoms with Gasteiger partial charge in [-0.15, -0.1) is 0 Å². The summed E-state index contributed by atoms with van der Waals surface area (Å²) in [4.78, 5) is 13.7. The molecule has 1 heterocycles. The Morgan fingerprint density at radius 1 is 1.33 bits per heavy atom. The Hall–Kier alpha value is -1.09. The molecule has 0 atom stereocenters. The lowest BCUT2D eigenvalue weighted by Gasteiger charge is -2.20. The standard InChI is InChI=1S/C12H12BrNO/c1-9(15)11-8-10(13)4-5-12(11)14-6-2-3-7-14/h2-5,8H,6-7H2,1H3. The Bertz CT molecular complexity index is 418. The van der Waals surface area contributed by atoms with E-state index in [1.54, 1.807) is 6.92 Å². The number of Topliss-reactive ketones (excluding diaryl/α,β-unsaturated/α-hetero) is 1. The Morgan fingerprint density at radius 2 is 2.00 bits per heavy atom. The number of rotatable bonds is 2. The monoisotopic (exact) mass is 265 g/mol. The highest BCUT2D eigenvalue weighted by Crippen LogP contribution is 2.26. The lowest BCUT2D eigenvalue weighted by atomic mass is 10.1. The molecule has 1 aromatic rings. The fourth-order valence-electron chi connectivity index (χ4n) is 1.74. The fourth-order valence-corrected chi connectivity index (χ4v) is 2.10. The summed E-state index contributed by atoms with van der Waals surface area (Å²) in [5.74, 6) is 0.109. The minimum atomic E-state index is 0.109. The molecule has 78 valence electrons. The highest BCUT2D eigenvalue weighted by atomic mass is 79.9. The number of ketones is 1. The van der Waals surface area contributed by atoms with Crippen LogP contribution in [0.2, 0.25) is 0 Å². The van der Waals surface area contributed by atoms with Crippen molar-refractivity contribution in [1.29, 1.82) is 0 Å². The number of benzene rings is 1. The summed E-state index contributed by atoms with van der Waals surface area (Å²) >= 11 is 3.39. The van der Waals surface area contributed by atoms with Gasteiger partial charge in [0, 0.05) is 28.8 Å². The molecule has 1 aliphatic rings. The molecular weight excluding hydrogens is 254 g/mol. The van der Waals surface area contributed by atoms with Crippen molar-refractivity contribution < 1.29 is 4.79 Å². The molecule has 0 aliphatic carbocycles. The van der Waals surface area contributed by atoms with Crippen LogP contribution in [0.15, 0.2) is 34.8 Å². The maximum absolute atomic E-state index is 11.5. The van der Waals surface area contributed by atoms with Crippen molar-refractivity contribution in [3.8, 4) is 0 Å². The van der Waals surface area contributed by atoms with Crippen molar-refractivity contribution in [3.63, 3.8) is 0 Å². The molecule has 2 nitrogen and oxygen atoms in total. The lowest BCUT2D eigenvalue weighted by molar-refractivity contribution is 0.101. The second-order valence-corrected chi connectivity index (χ2v) is 4.51. The van der Waals surface area contributed by atoms with Gasteiger partial charge in [-0.05, 0) is 25.1 Å². The molecule has 0 amide bonds. The first-order valence-corrected chi connectivity index (χ1v) is 5.68. The van der Waals surface area contributed by atoms with Gasteiger partial charge in [-0.25, -0.2) is 0 Å². The van der Waals surface area contributed by atoms with Crippen molar-refractivity contribution in [1.82, 2.24) is 0 Å². The van der Waals surface area contributed by atoms with Crippen LogP contribution < -0.4 is 4.90 Å². The van der Waals surface area contributed by atoms with Crippen LogP contribution in [0.1, 0.15) is 17.3 Å². The number of carbonyl (C=O) groups is 1. The van der Waals surface area contributed by atoms with E-state index in [-0.39, 0.29) is 5.78 Å². The Balaban J connectivity index is 2.41. The van der Waals surface area contributed by atoms with Gasteiger partial charge in [0.25, 0.3) is 0 Å². The summed E-state index contributed by atoms with van der Waals surface area (Å²) < 4.78 is 0.948. The van der Waals surface area contributed by atoms with Gasteiger partial charge in [0.05, 0.1) is 0 Å². The second-order valence-electron chi connectivity index (χ2n) is 3.59. The maximum atomic E-state index is 11.5. The molecule has 0 spiro atoms. The zero-order valence-corrected chi connectivity index (χ0v) is 10.1. The van der Waals surface area contributed by atoms with Crippen molar-refractivity contribution in [2.45, 2.75) is 6.92 Å². The minimum absolute atomic E-state index is 0.109. The van der Waals surface area contributed by atoms with E-state index in [2.05, 4.69) is 33.0 Å². The molecule has 0 aromatic heterocycles. The largest absolute Gasteiger partial charge is 0.363 e. The third-order valence-corrected chi connectivity index (χ3v) is 2.99. The highest BCUT2D eigenvalue weighted by molar-refractivity contribution is 9.10. The molecule has 0 saturated heterocycles. The Morgan fingerprint density at radius 3 is 2.60 bits per heavy atom.